The number of nitrogens with zero attached hydrogens (tertiary/aromatic N) is 3. The molecule has 1 aromatic rings. The van der Waals surface area contributed by atoms with Crippen molar-refractivity contribution >= 4 is 5.82 Å². The largest absolute Gasteiger partial charge is 0.391 e. The topological polar surface area (TPSA) is 58.4 Å². The standard InChI is InChI=1S/C10H15N3O2/c1-2-12-6-4-11-9(10(12)15)13-5-3-8(14)7-13/h4,6,8,14H,2-3,5,7H2,1H3. The highest BCUT2D eigenvalue weighted by Crippen LogP contribution is 2.13. The summed E-state index contributed by atoms with van der Waals surface area (Å²) in [5.41, 5.74) is -0.0749. The number of anilines is 1. The highest BCUT2D eigenvalue weighted by atomic mass is 16.3. The Morgan fingerprint density at radius 1 is 1.67 bits per heavy atom. The van der Waals surface area contributed by atoms with Crippen LogP contribution in [0, 0.1) is 0 Å². The number of aliphatic hydroxyl groups excluding tert-OH is 1. The van der Waals surface area contributed by atoms with Gasteiger partial charge in [0.15, 0.2) is 5.82 Å². The van der Waals surface area contributed by atoms with Crippen LogP contribution in [0.1, 0.15) is 13.3 Å². The van der Waals surface area contributed by atoms with Crippen LogP contribution in [0.2, 0.25) is 0 Å². The van der Waals surface area contributed by atoms with E-state index in [1.54, 1.807) is 17.0 Å². The molecule has 1 N–H and O–H groups in total. The highest BCUT2D eigenvalue weighted by Gasteiger charge is 2.23. The Bertz CT molecular complexity index is 402. The van der Waals surface area contributed by atoms with Crippen molar-refractivity contribution in [2.24, 2.45) is 0 Å². The molecule has 1 unspecified atom stereocenters. The van der Waals surface area contributed by atoms with Gasteiger partial charge in [0.05, 0.1) is 6.10 Å². The molecule has 0 spiro atoms. The Morgan fingerprint density at radius 3 is 3.07 bits per heavy atom. The van der Waals surface area contributed by atoms with Crippen LogP contribution in [0.25, 0.3) is 0 Å². The summed E-state index contributed by atoms with van der Waals surface area (Å²) in [4.78, 5) is 17.8. The van der Waals surface area contributed by atoms with E-state index in [4.69, 9.17) is 0 Å². The zero-order valence-corrected chi connectivity index (χ0v) is 8.76. The van der Waals surface area contributed by atoms with E-state index in [9.17, 15) is 9.90 Å². The lowest BCUT2D eigenvalue weighted by molar-refractivity contribution is 0.198. The predicted octanol–water partition coefficient (Wildman–Crippen LogP) is -0.166. The van der Waals surface area contributed by atoms with E-state index in [0.717, 1.165) is 0 Å². The summed E-state index contributed by atoms with van der Waals surface area (Å²) < 4.78 is 1.62. The Balaban J connectivity index is 2.32. The molecule has 15 heavy (non-hydrogen) atoms. The number of hydrogen-bond acceptors (Lipinski definition) is 4. The van der Waals surface area contributed by atoms with Crippen molar-refractivity contribution in [2.45, 2.75) is 26.0 Å². The number of β-amino-alcohol motifs (C(OH)–C–C–N with tert-alkyl or cyclic N) is 1. The van der Waals surface area contributed by atoms with Crippen LogP contribution < -0.4 is 10.5 Å². The van der Waals surface area contributed by atoms with Gasteiger partial charge in [-0.1, -0.05) is 0 Å². The second-order valence-electron chi connectivity index (χ2n) is 3.73. The van der Waals surface area contributed by atoms with Gasteiger partial charge in [-0.25, -0.2) is 4.98 Å². The van der Waals surface area contributed by atoms with Gasteiger partial charge in [-0.3, -0.25) is 4.79 Å². The highest BCUT2D eigenvalue weighted by molar-refractivity contribution is 5.37. The molecule has 2 rings (SSSR count). The summed E-state index contributed by atoms with van der Waals surface area (Å²) in [7, 11) is 0. The first-order valence-corrected chi connectivity index (χ1v) is 5.21. The molecule has 0 aliphatic carbocycles. The predicted molar refractivity (Wildman–Crippen MR) is 57.0 cm³/mol. The van der Waals surface area contributed by atoms with E-state index in [1.165, 1.54) is 0 Å². The van der Waals surface area contributed by atoms with Crippen LogP contribution in [0.5, 0.6) is 0 Å². The van der Waals surface area contributed by atoms with Crippen LogP contribution in [-0.2, 0) is 6.54 Å². The van der Waals surface area contributed by atoms with Crippen LogP contribution in [0.3, 0.4) is 0 Å². The number of aryl methyl sites for hydroxylation is 1. The van der Waals surface area contributed by atoms with Crippen molar-refractivity contribution < 1.29 is 5.11 Å². The molecule has 82 valence electrons. The monoisotopic (exact) mass is 209 g/mol. The van der Waals surface area contributed by atoms with Gasteiger partial charge in [0, 0.05) is 32.0 Å². The molecule has 1 atom stereocenters. The molecular formula is C10H15N3O2. The molecule has 2 heterocycles. The molecule has 1 aliphatic rings. The minimum Gasteiger partial charge on any atom is -0.391 e. The van der Waals surface area contributed by atoms with Crippen LogP contribution in [0.15, 0.2) is 17.2 Å². The number of aromatic nitrogens is 2. The van der Waals surface area contributed by atoms with Crippen molar-refractivity contribution in [3.05, 3.63) is 22.7 Å². The van der Waals surface area contributed by atoms with E-state index in [2.05, 4.69) is 4.98 Å². The van der Waals surface area contributed by atoms with Crippen molar-refractivity contribution in [1.29, 1.82) is 0 Å². The van der Waals surface area contributed by atoms with Gasteiger partial charge in [-0.2, -0.15) is 0 Å². The molecule has 0 amide bonds. The Labute approximate surface area is 88.0 Å². The number of rotatable bonds is 2. The normalized spacial score (nSPS) is 20.9. The minimum absolute atomic E-state index is 0.0749. The van der Waals surface area contributed by atoms with E-state index in [-0.39, 0.29) is 11.7 Å². The smallest absolute Gasteiger partial charge is 0.293 e. The minimum atomic E-state index is -0.332. The average Bonchev–Trinajstić information content (AvgIpc) is 2.65. The first kappa shape index (κ1) is 10.2. The SMILES string of the molecule is CCn1ccnc(N2CCC(O)C2)c1=O. The fourth-order valence-corrected chi connectivity index (χ4v) is 1.84. The van der Waals surface area contributed by atoms with Gasteiger partial charge in [0.25, 0.3) is 5.56 Å². The van der Waals surface area contributed by atoms with Crippen LogP contribution in [0.4, 0.5) is 5.82 Å². The van der Waals surface area contributed by atoms with Crippen LogP contribution in [-0.4, -0.2) is 33.9 Å². The summed E-state index contributed by atoms with van der Waals surface area (Å²) in [5, 5.41) is 9.40. The third-order valence-electron chi connectivity index (χ3n) is 2.70. The number of hydrogen-bond donors (Lipinski definition) is 1. The maximum atomic E-state index is 11.9. The van der Waals surface area contributed by atoms with E-state index in [1.807, 2.05) is 11.8 Å². The molecule has 1 aromatic heterocycles. The third kappa shape index (κ3) is 1.87. The average molecular weight is 209 g/mol. The van der Waals surface area contributed by atoms with Gasteiger partial charge in [0.1, 0.15) is 0 Å². The van der Waals surface area contributed by atoms with Gasteiger partial charge in [-0.15, -0.1) is 0 Å². The molecule has 5 heteroatoms. The summed E-state index contributed by atoms with van der Waals surface area (Å²) in [6.07, 6.45) is 3.69. The third-order valence-corrected chi connectivity index (χ3v) is 2.70. The zero-order valence-electron chi connectivity index (χ0n) is 8.76. The van der Waals surface area contributed by atoms with Crippen molar-refractivity contribution in [2.75, 3.05) is 18.0 Å². The van der Waals surface area contributed by atoms with E-state index < -0.39 is 0 Å². The second-order valence-corrected chi connectivity index (χ2v) is 3.73. The molecular weight excluding hydrogens is 194 g/mol. The first-order valence-electron chi connectivity index (χ1n) is 5.21. The Hall–Kier alpha value is -1.36. The lowest BCUT2D eigenvalue weighted by Gasteiger charge is -2.16. The van der Waals surface area contributed by atoms with E-state index in [0.29, 0.717) is 31.9 Å². The summed E-state index contributed by atoms with van der Waals surface area (Å²) >= 11 is 0. The zero-order chi connectivity index (χ0) is 10.8. The molecule has 0 radical (unpaired) electrons. The first-order chi connectivity index (χ1) is 7.22. The maximum Gasteiger partial charge on any atom is 0.293 e. The molecule has 0 aromatic carbocycles. The Kier molecular flexibility index (Phi) is 2.73. The van der Waals surface area contributed by atoms with Crippen LogP contribution >= 0.6 is 0 Å². The second kappa shape index (κ2) is 4.02. The number of aliphatic hydroxyl groups is 1. The molecule has 5 nitrogen and oxygen atoms in total. The molecule has 1 fully saturated rings. The summed E-state index contributed by atoms with van der Waals surface area (Å²) in [6, 6.07) is 0. The lowest BCUT2D eigenvalue weighted by Crippen LogP contribution is -2.32. The fraction of sp³-hybridized carbons (Fsp3) is 0.600. The summed E-state index contributed by atoms with van der Waals surface area (Å²) in [5.74, 6) is 0.455. The van der Waals surface area contributed by atoms with Gasteiger partial charge >= 0.3 is 0 Å². The van der Waals surface area contributed by atoms with Crippen molar-refractivity contribution in [3.63, 3.8) is 0 Å². The summed E-state index contributed by atoms with van der Waals surface area (Å²) in [6.45, 7) is 3.78. The molecule has 1 saturated heterocycles. The van der Waals surface area contributed by atoms with Crippen molar-refractivity contribution in [3.8, 4) is 0 Å². The molecule has 0 bridgehead atoms. The lowest BCUT2D eigenvalue weighted by atomic mass is 10.3. The van der Waals surface area contributed by atoms with Gasteiger partial charge in [0.2, 0.25) is 0 Å². The van der Waals surface area contributed by atoms with Gasteiger partial charge < -0.3 is 14.6 Å². The Morgan fingerprint density at radius 2 is 2.47 bits per heavy atom. The van der Waals surface area contributed by atoms with E-state index >= 15 is 0 Å². The maximum absolute atomic E-state index is 11.9. The van der Waals surface area contributed by atoms with Crippen molar-refractivity contribution in [1.82, 2.24) is 9.55 Å². The molecule has 0 saturated carbocycles. The van der Waals surface area contributed by atoms with Gasteiger partial charge in [-0.05, 0) is 13.3 Å². The fourth-order valence-electron chi connectivity index (χ4n) is 1.84. The quantitative estimate of drug-likeness (QED) is 0.735. The molecule has 1 aliphatic heterocycles.